The summed E-state index contributed by atoms with van der Waals surface area (Å²) in [7, 11) is 6.10. The molecule has 3 aliphatic carbocycles. The molecule has 0 radical (unpaired) electrons. The largest absolute Gasteiger partial charge is 0.505 e. The number of ketones is 4. The van der Waals surface area contributed by atoms with Crippen LogP contribution in [-0.4, -0.2) is 113 Å². The van der Waals surface area contributed by atoms with Crippen molar-refractivity contribution in [2.24, 2.45) is 29.4 Å². The van der Waals surface area contributed by atoms with Crippen LogP contribution in [0, 0.1) is 23.7 Å². The van der Waals surface area contributed by atoms with Crippen LogP contribution in [0.4, 0.5) is 5.69 Å². The summed E-state index contributed by atoms with van der Waals surface area (Å²) in [6.07, 6.45) is -1.76. The van der Waals surface area contributed by atoms with Gasteiger partial charge in [0.05, 0.1) is 41.1 Å². The molecule has 13 nitrogen and oxygen atoms in total. The first-order valence-corrected chi connectivity index (χ1v) is 12.9. The number of rotatable bonds is 5. The molecule has 2 unspecified atom stereocenters. The van der Waals surface area contributed by atoms with Gasteiger partial charge in [-0.05, 0) is 45.7 Å². The predicted molar refractivity (Wildman–Crippen MR) is 140 cm³/mol. The first-order valence-electron chi connectivity index (χ1n) is 12.5. The molecule has 1 aromatic carbocycles. The number of aliphatic hydroxyl groups excluding tert-OH is 1. The molecule has 0 saturated heterocycles. The van der Waals surface area contributed by atoms with E-state index in [-0.39, 0.29) is 28.4 Å². The molecule has 40 heavy (non-hydrogen) atoms. The van der Waals surface area contributed by atoms with E-state index >= 15 is 0 Å². The number of phenols is 1. The second-order valence-electron chi connectivity index (χ2n) is 11.2. The van der Waals surface area contributed by atoms with E-state index in [1.54, 1.807) is 25.9 Å². The molecule has 3 aliphatic rings. The molecule has 4 rings (SSSR count). The number of likely N-dealkylation sites (N-methyl/N-ethyl adjacent to an activating group) is 2. The average Bonchev–Trinajstić information content (AvgIpc) is 2.83. The van der Waals surface area contributed by atoms with Gasteiger partial charge in [-0.1, -0.05) is 18.5 Å². The minimum Gasteiger partial charge on any atom is -0.505 e. The molecule has 0 aliphatic heterocycles. The van der Waals surface area contributed by atoms with Crippen molar-refractivity contribution in [1.29, 1.82) is 0 Å². The van der Waals surface area contributed by atoms with Crippen molar-refractivity contribution in [2.45, 2.75) is 30.6 Å². The molecule has 6 N–H and O–H groups in total. The van der Waals surface area contributed by atoms with Crippen LogP contribution in [0.25, 0.3) is 0 Å². The summed E-state index contributed by atoms with van der Waals surface area (Å²) in [5.74, 6) is -15.2. The lowest BCUT2D eigenvalue weighted by molar-refractivity contribution is -0.196. The summed E-state index contributed by atoms with van der Waals surface area (Å²) in [6, 6.07) is -0.127. The normalized spacial score (nSPS) is 33.5. The Morgan fingerprint density at radius 1 is 1.12 bits per heavy atom. The summed E-state index contributed by atoms with van der Waals surface area (Å²) < 4.78 is 0. The highest BCUT2D eigenvalue weighted by Crippen LogP contribution is 2.55. The Balaban J connectivity index is 1.90. The molecule has 0 bridgehead atoms. The fourth-order valence-corrected chi connectivity index (χ4v) is 6.86. The van der Waals surface area contributed by atoms with Gasteiger partial charge in [0, 0.05) is 5.92 Å². The molecule has 2 fully saturated rings. The number of halogens is 1. The third kappa shape index (κ3) is 4.06. The van der Waals surface area contributed by atoms with Gasteiger partial charge >= 0.3 is 0 Å². The van der Waals surface area contributed by atoms with Crippen LogP contribution in [0.2, 0.25) is 5.02 Å². The molecule has 14 heteroatoms. The SMILES string of the molecule is C[C@H]1c2cc(Cl)c(NC(=O)CN(C)C)c(O)c2C(=O)C2C(=O)[C@]3(O)C(=O)C(C(N)=O)C(=O)[C@@H](N(C)C)[C@@H]3[C@@H](O)[C@@H]21. The number of fused-ring (bicyclic) bond motifs is 3. The van der Waals surface area contributed by atoms with E-state index in [0.29, 0.717) is 0 Å². The highest BCUT2D eigenvalue weighted by molar-refractivity contribution is 6.35. The Hall–Kier alpha value is -3.23. The van der Waals surface area contributed by atoms with Crippen LogP contribution < -0.4 is 11.1 Å². The summed E-state index contributed by atoms with van der Waals surface area (Å²) in [4.78, 5) is 81.7. The third-order valence-corrected chi connectivity index (χ3v) is 8.59. The molecule has 0 spiro atoms. The summed E-state index contributed by atoms with van der Waals surface area (Å²) >= 11 is 6.37. The number of nitrogens with zero attached hydrogens (tertiary/aromatic N) is 2. The van der Waals surface area contributed by atoms with Gasteiger partial charge in [-0.15, -0.1) is 0 Å². The Labute approximate surface area is 234 Å². The van der Waals surface area contributed by atoms with Gasteiger partial charge in [0.25, 0.3) is 0 Å². The Morgan fingerprint density at radius 3 is 2.25 bits per heavy atom. The lowest BCUT2D eigenvalue weighted by atomic mass is 9.49. The number of aromatic hydroxyl groups is 1. The lowest BCUT2D eigenvalue weighted by Gasteiger charge is -2.56. The maximum Gasteiger partial charge on any atom is 0.238 e. The van der Waals surface area contributed by atoms with Crippen LogP contribution >= 0.6 is 11.6 Å². The molecule has 1 aromatic rings. The van der Waals surface area contributed by atoms with Crippen molar-refractivity contribution in [3.8, 4) is 5.75 Å². The van der Waals surface area contributed by atoms with Gasteiger partial charge in [-0.2, -0.15) is 0 Å². The van der Waals surface area contributed by atoms with Gasteiger partial charge < -0.3 is 31.3 Å². The number of amides is 2. The van der Waals surface area contributed by atoms with Gasteiger partial charge in [-0.3, -0.25) is 33.7 Å². The maximum atomic E-state index is 14.0. The molecular weight excluding hydrogens is 548 g/mol. The molecule has 2 saturated carbocycles. The Morgan fingerprint density at radius 2 is 1.73 bits per heavy atom. The molecular formula is C26H31ClN4O9. The number of hydrogen-bond donors (Lipinski definition) is 5. The Kier molecular flexibility index (Phi) is 7.43. The van der Waals surface area contributed by atoms with E-state index in [4.69, 9.17) is 17.3 Å². The zero-order chi connectivity index (χ0) is 30.2. The standard InChI is InChI=1S/C26H31ClN4O9/c1-8-9-6-10(27)17(29-11(32)7-30(2)3)21(35)13(9)19(33)14-12(8)20(34)16-18(31(4)5)22(36)15(25(28)39)24(38)26(16,40)23(14)37/h6,8,12,14-16,18,20,34-35,40H,7H2,1-5H3,(H2,28,39)(H,29,32)/t8-,12+,14?,15?,16+,18-,20-,26-/m0/s1. The van der Waals surface area contributed by atoms with Gasteiger partial charge in [0.1, 0.15) is 5.69 Å². The predicted octanol–water partition coefficient (Wildman–Crippen LogP) is -1.45. The van der Waals surface area contributed by atoms with Crippen LogP contribution in [0.5, 0.6) is 5.75 Å². The molecule has 0 heterocycles. The molecule has 8 atom stereocenters. The van der Waals surface area contributed by atoms with E-state index in [1.165, 1.54) is 25.1 Å². The minimum absolute atomic E-state index is 0.0735. The number of anilines is 1. The van der Waals surface area contributed by atoms with Crippen molar-refractivity contribution in [3.05, 3.63) is 22.2 Å². The van der Waals surface area contributed by atoms with Crippen molar-refractivity contribution >= 4 is 52.2 Å². The first-order chi connectivity index (χ1) is 18.5. The second-order valence-corrected chi connectivity index (χ2v) is 11.6. The zero-order valence-electron chi connectivity index (χ0n) is 22.5. The zero-order valence-corrected chi connectivity index (χ0v) is 23.2. The van der Waals surface area contributed by atoms with Crippen LogP contribution in [0.3, 0.4) is 0 Å². The fraction of sp³-hybridized carbons (Fsp3) is 0.538. The number of nitrogens with one attached hydrogen (secondary N) is 1. The number of hydrogen-bond acceptors (Lipinski definition) is 11. The highest BCUT2D eigenvalue weighted by Gasteiger charge is 2.73. The van der Waals surface area contributed by atoms with Crippen molar-refractivity contribution < 1.29 is 44.1 Å². The van der Waals surface area contributed by atoms with Crippen LogP contribution in [0.1, 0.15) is 28.8 Å². The van der Waals surface area contributed by atoms with E-state index in [1.807, 2.05) is 0 Å². The second kappa shape index (κ2) is 10.00. The first kappa shape index (κ1) is 29.7. The quantitative estimate of drug-likeness (QED) is 0.202. The number of nitrogens with two attached hydrogens (primary N) is 1. The van der Waals surface area contributed by atoms with E-state index < -0.39 is 88.0 Å². The molecule has 2 amide bonds. The minimum atomic E-state index is -3.10. The van der Waals surface area contributed by atoms with E-state index in [2.05, 4.69) is 5.32 Å². The number of carbonyl (C=O) groups excluding carboxylic acids is 6. The number of Topliss-reactive ketones (excluding diaryl/α,β-unsaturated/α-hetero) is 4. The van der Waals surface area contributed by atoms with Crippen LogP contribution in [-0.2, 0) is 24.0 Å². The number of carbonyl (C=O) groups is 6. The lowest BCUT2D eigenvalue weighted by Crippen LogP contribution is -2.77. The van der Waals surface area contributed by atoms with Gasteiger partial charge in [0.15, 0.2) is 40.4 Å². The van der Waals surface area contributed by atoms with Crippen molar-refractivity contribution in [3.63, 3.8) is 0 Å². The fourth-order valence-electron chi connectivity index (χ4n) is 6.60. The summed E-state index contributed by atoms with van der Waals surface area (Å²) in [5, 5.41) is 36.7. The third-order valence-electron chi connectivity index (χ3n) is 8.29. The van der Waals surface area contributed by atoms with Gasteiger partial charge in [0.2, 0.25) is 11.8 Å². The van der Waals surface area contributed by atoms with Crippen LogP contribution in [0.15, 0.2) is 6.07 Å². The number of benzene rings is 1. The monoisotopic (exact) mass is 578 g/mol. The smallest absolute Gasteiger partial charge is 0.238 e. The van der Waals surface area contributed by atoms with Crippen molar-refractivity contribution in [1.82, 2.24) is 9.80 Å². The van der Waals surface area contributed by atoms with E-state index in [0.717, 1.165) is 0 Å². The summed E-state index contributed by atoms with van der Waals surface area (Å²) in [5.41, 5.74) is 1.74. The number of aliphatic hydroxyl groups is 2. The summed E-state index contributed by atoms with van der Waals surface area (Å²) in [6.45, 7) is 1.49. The number of primary amides is 1. The van der Waals surface area contributed by atoms with Gasteiger partial charge in [-0.25, -0.2) is 0 Å². The van der Waals surface area contributed by atoms with Crippen molar-refractivity contribution in [2.75, 3.05) is 40.1 Å². The Bertz CT molecular complexity index is 1360. The highest BCUT2D eigenvalue weighted by atomic mass is 35.5. The maximum absolute atomic E-state index is 14.0. The molecule has 0 aromatic heterocycles. The molecule has 216 valence electrons. The average molecular weight is 579 g/mol. The topological polar surface area (TPSA) is 208 Å². The number of phenolic OH excluding ortho intramolecular Hbond substituents is 1. The van der Waals surface area contributed by atoms with E-state index in [9.17, 15) is 44.1 Å².